The number of H-pyrrole nitrogens is 1. The van der Waals surface area contributed by atoms with Crippen molar-refractivity contribution in [3.8, 4) is 6.07 Å². The van der Waals surface area contributed by atoms with Gasteiger partial charge in [-0.25, -0.2) is 0 Å². The first-order valence-electron chi connectivity index (χ1n) is 12.1. The third kappa shape index (κ3) is 5.51. The molecule has 0 radical (unpaired) electrons. The van der Waals surface area contributed by atoms with Crippen molar-refractivity contribution in [1.29, 1.82) is 5.26 Å². The van der Waals surface area contributed by atoms with Crippen LogP contribution in [0.4, 0.5) is 5.69 Å². The average molecular weight is 464 g/mol. The van der Waals surface area contributed by atoms with Crippen LogP contribution in [-0.4, -0.2) is 48.5 Å². The zero-order valence-electron chi connectivity index (χ0n) is 21.3. The second-order valence-corrected chi connectivity index (χ2v) is 9.62. The van der Waals surface area contributed by atoms with Crippen molar-refractivity contribution in [2.45, 2.75) is 72.0 Å². The molecule has 0 atom stereocenters. The van der Waals surface area contributed by atoms with Crippen molar-refractivity contribution in [1.82, 2.24) is 15.2 Å². The largest absolute Gasteiger partial charge is 0.369 e. The lowest BCUT2D eigenvalue weighted by molar-refractivity contribution is 0.0950. The molecule has 34 heavy (non-hydrogen) atoms. The van der Waals surface area contributed by atoms with Gasteiger partial charge in [-0.2, -0.15) is 5.26 Å². The second-order valence-electron chi connectivity index (χ2n) is 9.62. The van der Waals surface area contributed by atoms with Gasteiger partial charge in [-0.05, 0) is 96.8 Å². The lowest BCUT2D eigenvalue weighted by atomic mass is 9.88. The lowest BCUT2D eigenvalue weighted by Gasteiger charge is -2.40. The van der Waals surface area contributed by atoms with Crippen LogP contribution in [0.15, 0.2) is 23.0 Å². The van der Waals surface area contributed by atoms with Crippen molar-refractivity contribution in [3.63, 3.8) is 0 Å². The van der Waals surface area contributed by atoms with Crippen LogP contribution >= 0.6 is 0 Å². The predicted molar refractivity (Wildman–Crippen MR) is 136 cm³/mol. The maximum absolute atomic E-state index is 13.2. The third-order valence-corrected chi connectivity index (χ3v) is 7.16. The fourth-order valence-electron chi connectivity index (χ4n) is 5.17. The number of nitrogens with zero attached hydrogens (tertiary/aromatic N) is 3. The van der Waals surface area contributed by atoms with Crippen molar-refractivity contribution in [2.24, 2.45) is 0 Å². The fourth-order valence-corrected chi connectivity index (χ4v) is 5.17. The standard InChI is InChI=1S/C27H37N5O2/c1-7-32(22-10-8-21(9-11-22)31(5)6)25-14-20(15-28)13-23(19(25)4)26(33)29-16-24-17(2)12-18(3)30-27(24)34/h12-14,21-22H,7-11,16H2,1-6H3,(H,29,33)(H,30,34). The van der Waals surface area contributed by atoms with E-state index in [1.165, 1.54) is 0 Å². The number of hydrogen-bond donors (Lipinski definition) is 2. The Morgan fingerprint density at radius 2 is 1.76 bits per heavy atom. The Labute approximate surface area is 202 Å². The summed E-state index contributed by atoms with van der Waals surface area (Å²) in [5, 5.41) is 12.6. The molecule has 1 saturated carbocycles. The summed E-state index contributed by atoms with van der Waals surface area (Å²) in [6.45, 7) is 8.73. The number of aromatic amines is 1. The number of carbonyl (C=O) groups is 1. The molecular formula is C27H37N5O2. The van der Waals surface area contributed by atoms with Crippen molar-refractivity contribution >= 4 is 11.6 Å². The first-order valence-corrected chi connectivity index (χ1v) is 12.1. The number of aromatic nitrogens is 1. The van der Waals surface area contributed by atoms with E-state index >= 15 is 0 Å². The summed E-state index contributed by atoms with van der Waals surface area (Å²) < 4.78 is 0. The third-order valence-electron chi connectivity index (χ3n) is 7.16. The maximum atomic E-state index is 13.2. The molecule has 1 aromatic carbocycles. The molecule has 0 spiro atoms. The number of hydrogen-bond acceptors (Lipinski definition) is 5. The van der Waals surface area contributed by atoms with Gasteiger partial charge in [0.2, 0.25) is 0 Å². The van der Waals surface area contributed by atoms with E-state index in [4.69, 9.17) is 0 Å². The lowest BCUT2D eigenvalue weighted by Crippen LogP contribution is -2.42. The molecule has 0 unspecified atom stereocenters. The Balaban J connectivity index is 1.86. The summed E-state index contributed by atoms with van der Waals surface area (Å²) in [7, 11) is 4.28. The summed E-state index contributed by atoms with van der Waals surface area (Å²) in [5.74, 6) is -0.275. The zero-order valence-corrected chi connectivity index (χ0v) is 21.3. The van der Waals surface area contributed by atoms with Crippen LogP contribution in [-0.2, 0) is 6.54 Å². The van der Waals surface area contributed by atoms with E-state index in [1.54, 1.807) is 6.07 Å². The van der Waals surface area contributed by atoms with E-state index in [-0.39, 0.29) is 18.0 Å². The molecule has 1 aromatic heterocycles. The average Bonchev–Trinajstić information content (AvgIpc) is 2.80. The van der Waals surface area contributed by atoms with E-state index < -0.39 is 0 Å². The van der Waals surface area contributed by atoms with Gasteiger partial charge in [0, 0.05) is 47.7 Å². The number of benzene rings is 1. The quantitative estimate of drug-likeness (QED) is 0.652. The van der Waals surface area contributed by atoms with E-state index in [1.807, 2.05) is 32.9 Å². The van der Waals surface area contributed by atoms with Crippen molar-refractivity contribution in [2.75, 3.05) is 25.5 Å². The number of nitriles is 1. The summed E-state index contributed by atoms with van der Waals surface area (Å²) >= 11 is 0. The summed E-state index contributed by atoms with van der Waals surface area (Å²) in [6, 6.07) is 8.67. The first-order chi connectivity index (χ1) is 16.2. The fraction of sp³-hybridized carbons (Fsp3) is 0.519. The number of carbonyl (C=O) groups excluding carboxylic acids is 1. The molecule has 2 N–H and O–H groups in total. The number of nitrogens with one attached hydrogen (secondary N) is 2. The molecule has 0 aliphatic heterocycles. The van der Waals surface area contributed by atoms with Gasteiger partial charge in [0.15, 0.2) is 0 Å². The van der Waals surface area contributed by atoms with E-state index in [0.29, 0.717) is 28.8 Å². The Bertz CT molecular complexity index is 1140. The molecule has 1 aliphatic rings. The minimum atomic E-state index is -0.275. The molecule has 0 bridgehead atoms. The summed E-state index contributed by atoms with van der Waals surface area (Å²) in [5.41, 5.74) is 4.75. The Hall–Kier alpha value is -3.11. The smallest absolute Gasteiger partial charge is 0.253 e. The van der Waals surface area contributed by atoms with Gasteiger partial charge in [0.05, 0.1) is 11.6 Å². The Morgan fingerprint density at radius 1 is 1.12 bits per heavy atom. The van der Waals surface area contributed by atoms with Crippen LogP contribution in [0.5, 0.6) is 0 Å². The molecular weight excluding hydrogens is 426 g/mol. The predicted octanol–water partition coefficient (Wildman–Crippen LogP) is 3.80. The van der Waals surface area contributed by atoms with Crippen molar-refractivity contribution < 1.29 is 4.79 Å². The highest BCUT2D eigenvalue weighted by Gasteiger charge is 2.28. The zero-order chi connectivity index (χ0) is 25.0. The van der Waals surface area contributed by atoms with Crippen LogP contribution in [0.2, 0.25) is 0 Å². The van der Waals surface area contributed by atoms with Gasteiger partial charge >= 0.3 is 0 Å². The minimum Gasteiger partial charge on any atom is -0.369 e. The van der Waals surface area contributed by atoms with E-state index in [9.17, 15) is 14.9 Å². The van der Waals surface area contributed by atoms with Gasteiger partial charge in [-0.3, -0.25) is 9.59 Å². The highest BCUT2D eigenvalue weighted by atomic mass is 16.1. The van der Waals surface area contributed by atoms with Crippen molar-refractivity contribution in [3.05, 3.63) is 62.1 Å². The molecule has 1 heterocycles. The van der Waals surface area contributed by atoms with Gasteiger partial charge in [0.1, 0.15) is 0 Å². The molecule has 0 saturated heterocycles. The number of pyridine rings is 1. The van der Waals surface area contributed by atoms with Gasteiger partial charge in [-0.15, -0.1) is 0 Å². The molecule has 1 amide bonds. The molecule has 1 aliphatic carbocycles. The number of aryl methyl sites for hydroxylation is 2. The SMILES string of the molecule is CCN(c1cc(C#N)cc(C(=O)NCc2c(C)cc(C)[nH]c2=O)c1C)C1CCC(N(C)C)CC1. The van der Waals surface area contributed by atoms with Gasteiger partial charge in [-0.1, -0.05) is 0 Å². The minimum absolute atomic E-state index is 0.137. The van der Waals surface area contributed by atoms with Crippen LogP contribution in [0, 0.1) is 32.1 Å². The van der Waals surface area contributed by atoms with Crippen LogP contribution in [0.3, 0.4) is 0 Å². The molecule has 7 heteroatoms. The molecule has 2 aromatic rings. The highest BCUT2D eigenvalue weighted by molar-refractivity contribution is 5.97. The molecule has 182 valence electrons. The van der Waals surface area contributed by atoms with Gasteiger partial charge < -0.3 is 20.1 Å². The summed E-state index contributed by atoms with van der Waals surface area (Å²) in [4.78, 5) is 33.0. The van der Waals surface area contributed by atoms with Crippen LogP contribution < -0.4 is 15.8 Å². The number of rotatable bonds is 7. The Kier molecular flexibility index (Phi) is 8.16. The number of amides is 1. The second kappa shape index (κ2) is 10.9. The molecule has 7 nitrogen and oxygen atoms in total. The molecule has 3 rings (SSSR count). The Morgan fingerprint density at radius 3 is 2.32 bits per heavy atom. The topological polar surface area (TPSA) is 92.2 Å². The maximum Gasteiger partial charge on any atom is 0.253 e. The van der Waals surface area contributed by atoms with Crippen LogP contribution in [0.1, 0.15) is 70.9 Å². The van der Waals surface area contributed by atoms with Gasteiger partial charge in [0.25, 0.3) is 11.5 Å². The highest BCUT2D eigenvalue weighted by Crippen LogP contribution is 2.33. The number of anilines is 1. The van der Waals surface area contributed by atoms with E-state index in [0.717, 1.165) is 54.7 Å². The van der Waals surface area contributed by atoms with Crippen LogP contribution in [0.25, 0.3) is 0 Å². The monoisotopic (exact) mass is 463 g/mol. The van der Waals surface area contributed by atoms with E-state index in [2.05, 4.69) is 47.2 Å². The molecule has 1 fully saturated rings. The normalized spacial score (nSPS) is 17.9. The summed E-state index contributed by atoms with van der Waals surface area (Å²) in [6.07, 6.45) is 4.46. The first kappa shape index (κ1) is 25.5.